The van der Waals surface area contributed by atoms with Gasteiger partial charge >= 0.3 is 6.09 Å². The molecule has 2 rings (SSSR count). The van der Waals surface area contributed by atoms with Crippen LogP contribution in [0.5, 0.6) is 0 Å². The number of carbonyl (C=O) groups is 1. The van der Waals surface area contributed by atoms with E-state index in [1.54, 1.807) is 7.11 Å². The molecule has 1 aromatic rings. The quantitative estimate of drug-likeness (QED) is 0.846. The fraction of sp³-hybridized carbons (Fsp3) is 0.727. The monoisotopic (exact) mass is 255 g/mol. The third kappa shape index (κ3) is 3.19. The number of aromatic nitrogens is 2. The molecule has 0 radical (unpaired) electrons. The van der Waals surface area contributed by atoms with Gasteiger partial charge in [-0.3, -0.25) is 0 Å². The zero-order chi connectivity index (χ0) is 13.0. The number of ether oxygens (including phenoxy) is 1. The molecule has 7 nitrogen and oxygen atoms in total. The Morgan fingerprint density at radius 2 is 2.17 bits per heavy atom. The van der Waals surface area contributed by atoms with Crippen LogP contribution < -0.4 is 5.32 Å². The van der Waals surface area contributed by atoms with Crippen LogP contribution in [0, 0.1) is 0 Å². The van der Waals surface area contributed by atoms with E-state index in [0.29, 0.717) is 18.4 Å². The molecule has 1 heterocycles. The fourth-order valence-corrected chi connectivity index (χ4v) is 2.27. The normalized spacial score (nSPS) is 23.8. The summed E-state index contributed by atoms with van der Waals surface area (Å²) in [6.07, 6.45) is 2.37. The minimum absolute atomic E-state index is 0.0418. The number of rotatable bonds is 4. The Balaban J connectivity index is 1.86. The maximum atomic E-state index is 10.5. The Labute approximate surface area is 105 Å². The van der Waals surface area contributed by atoms with Gasteiger partial charge in [-0.2, -0.15) is 0 Å². The van der Waals surface area contributed by atoms with Gasteiger partial charge in [-0.15, -0.1) is 10.2 Å². The molecule has 1 aliphatic carbocycles. The lowest BCUT2D eigenvalue weighted by Gasteiger charge is -2.26. The third-order valence-electron chi connectivity index (χ3n) is 3.15. The second-order valence-corrected chi connectivity index (χ2v) is 4.47. The molecule has 7 heteroatoms. The number of hydrogen-bond donors (Lipinski definition) is 2. The van der Waals surface area contributed by atoms with Crippen molar-refractivity contribution in [2.75, 3.05) is 7.11 Å². The molecule has 0 spiro atoms. The highest BCUT2D eigenvalue weighted by molar-refractivity contribution is 5.64. The van der Waals surface area contributed by atoms with E-state index < -0.39 is 6.09 Å². The van der Waals surface area contributed by atoms with E-state index >= 15 is 0 Å². The standard InChI is InChI=1S/C11H17N3O4/c1-17-6-9-13-14-10(18-9)7-2-4-8(5-3-7)12-11(15)16/h7-8,12H,2-6H2,1H3,(H,15,16). The minimum Gasteiger partial charge on any atom is -0.465 e. The lowest BCUT2D eigenvalue weighted by atomic mass is 9.86. The largest absolute Gasteiger partial charge is 0.465 e. The molecular weight excluding hydrogens is 238 g/mol. The average molecular weight is 255 g/mol. The van der Waals surface area contributed by atoms with E-state index in [0.717, 1.165) is 25.7 Å². The number of amides is 1. The molecule has 0 aliphatic heterocycles. The van der Waals surface area contributed by atoms with Crippen LogP contribution in [0.25, 0.3) is 0 Å². The molecule has 1 aliphatic rings. The van der Waals surface area contributed by atoms with Gasteiger partial charge in [0, 0.05) is 19.1 Å². The summed E-state index contributed by atoms with van der Waals surface area (Å²) in [6.45, 7) is 0.322. The number of nitrogens with one attached hydrogen (secondary N) is 1. The SMILES string of the molecule is COCc1nnc(C2CCC(NC(=O)O)CC2)o1. The summed E-state index contributed by atoms with van der Waals surface area (Å²) < 4.78 is 10.4. The van der Waals surface area contributed by atoms with Crippen molar-refractivity contribution >= 4 is 6.09 Å². The van der Waals surface area contributed by atoms with Crippen molar-refractivity contribution in [2.45, 2.75) is 44.2 Å². The fourth-order valence-electron chi connectivity index (χ4n) is 2.27. The van der Waals surface area contributed by atoms with Gasteiger partial charge < -0.3 is 19.6 Å². The van der Waals surface area contributed by atoms with E-state index in [1.807, 2.05) is 0 Å². The van der Waals surface area contributed by atoms with E-state index in [2.05, 4.69) is 15.5 Å². The predicted octanol–water partition coefficient (Wildman–Crippen LogP) is 1.51. The summed E-state index contributed by atoms with van der Waals surface area (Å²) in [5.41, 5.74) is 0. The number of carboxylic acid groups (broad SMARTS) is 1. The van der Waals surface area contributed by atoms with Crippen LogP contribution in [0.4, 0.5) is 4.79 Å². The summed E-state index contributed by atoms with van der Waals surface area (Å²) in [7, 11) is 1.58. The molecule has 0 aromatic carbocycles. The van der Waals surface area contributed by atoms with Gasteiger partial charge in [-0.1, -0.05) is 0 Å². The van der Waals surface area contributed by atoms with Crippen molar-refractivity contribution in [1.82, 2.24) is 15.5 Å². The molecule has 100 valence electrons. The smallest absolute Gasteiger partial charge is 0.404 e. The minimum atomic E-state index is -0.960. The molecule has 2 N–H and O–H groups in total. The third-order valence-corrected chi connectivity index (χ3v) is 3.15. The zero-order valence-corrected chi connectivity index (χ0v) is 10.3. The van der Waals surface area contributed by atoms with Crippen molar-refractivity contribution in [2.24, 2.45) is 0 Å². The lowest BCUT2D eigenvalue weighted by molar-refractivity contribution is 0.156. The number of hydrogen-bond acceptors (Lipinski definition) is 5. The first kappa shape index (κ1) is 12.8. The van der Waals surface area contributed by atoms with Crippen molar-refractivity contribution in [3.05, 3.63) is 11.8 Å². The molecule has 1 aromatic heterocycles. The van der Waals surface area contributed by atoms with Crippen molar-refractivity contribution in [3.8, 4) is 0 Å². The molecule has 0 bridgehead atoms. The Morgan fingerprint density at radius 1 is 1.44 bits per heavy atom. The van der Waals surface area contributed by atoms with Crippen LogP contribution in [0.3, 0.4) is 0 Å². The van der Waals surface area contributed by atoms with Crippen LogP contribution in [0.2, 0.25) is 0 Å². The van der Waals surface area contributed by atoms with Gasteiger partial charge in [-0.05, 0) is 25.7 Å². The van der Waals surface area contributed by atoms with Crippen molar-refractivity contribution in [3.63, 3.8) is 0 Å². The van der Waals surface area contributed by atoms with Gasteiger partial charge in [-0.25, -0.2) is 4.79 Å². The van der Waals surface area contributed by atoms with E-state index in [9.17, 15) is 4.79 Å². The van der Waals surface area contributed by atoms with Gasteiger partial charge in [0.05, 0.1) is 0 Å². The van der Waals surface area contributed by atoms with Crippen LogP contribution in [0.1, 0.15) is 43.4 Å². The second kappa shape index (κ2) is 5.81. The average Bonchev–Trinajstić information content (AvgIpc) is 2.78. The maximum Gasteiger partial charge on any atom is 0.404 e. The Kier molecular flexibility index (Phi) is 4.14. The summed E-state index contributed by atoms with van der Waals surface area (Å²) in [5.74, 6) is 1.35. The van der Waals surface area contributed by atoms with Crippen LogP contribution in [0.15, 0.2) is 4.42 Å². The first-order valence-corrected chi connectivity index (χ1v) is 5.99. The highest BCUT2D eigenvalue weighted by Gasteiger charge is 2.26. The molecule has 0 saturated heterocycles. The van der Waals surface area contributed by atoms with Crippen molar-refractivity contribution < 1.29 is 19.1 Å². The van der Waals surface area contributed by atoms with Crippen LogP contribution in [-0.4, -0.2) is 34.5 Å². The lowest BCUT2D eigenvalue weighted by Crippen LogP contribution is -2.36. The molecule has 0 atom stereocenters. The summed E-state index contributed by atoms with van der Waals surface area (Å²) >= 11 is 0. The molecule has 1 saturated carbocycles. The predicted molar refractivity (Wildman–Crippen MR) is 61.2 cm³/mol. The second-order valence-electron chi connectivity index (χ2n) is 4.47. The maximum absolute atomic E-state index is 10.5. The van der Waals surface area contributed by atoms with E-state index in [4.69, 9.17) is 14.3 Å². The van der Waals surface area contributed by atoms with Gasteiger partial charge in [0.15, 0.2) is 0 Å². The van der Waals surface area contributed by atoms with Gasteiger partial charge in [0.25, 0.3) is 0 Å². The molecule has 0 unspecified atom stereocenters. The Morgan fingerprint density at radius 3 is 2.78 bits per heavy atom. The number of methoxy groups -OCH3 is 1. The summed E-state index contributed by atoms with van der Waals surface area (Å²) in [4.78, 5) is 10.5. The van der Waals surface area contributed by atoms with Crippen LogP contribution in [-0.2, 0) is 11.3 Å². The number of nitrogens with zero attached hydrogens (tertiary/aromatic N) is 2. The highest BCUT2D eigenvalue weighted by Crippen LogP contribution is 2.32. The van der Waals surface area contributed by atoms with Gasteiger partial charge in [0.1, 0.15) is 6.61 Å². The van der Waals surface area contributed by atoms with Gasteiger partial charge in [0.2, 0.25) is 11.8 Å². The molecular formula is C11H17N3O4. The van der Waals surface area contributed by atoms with Crippen LogP contribution >= 0.6 is 0 Å². The van der Waals surface area contributed by atoms with E-state index in [1.165, 1.54) is 0 Å². The molecule has 1 fully saturated rings. The molecule has 1 amide bonds. The first-order chi connectivity index (χ1) is 8.69. The van der Waals surface area contributed by atoms with E-state index in [-0.39, 0.29) is 12.0 Å². The molecule has 18 heavy (non-hydrogen) atoms. The summed E-state index contributed by atoms with van der Waals surface area (Å²) in [6, 6.07) is 0.0418. The highest BCUT2D eigenvalue weighted by atomic mass is 16.5. The van der Waals surface area contributed by atoms with Crippen molar-refractivity contribution in [1.29, 1.82) is 0 Å². The Bertz CT molecular complexity index is 399. The first-order valence-electron chi connectivity index (χ1n) is 5.99. The zero-order valence-electron chi connectivity index (χ0n) is 10.3. The topological polar surface area (TPSA) is 97.5 Å². The summed E-state index contributed by atoms with van der Waals surface area (Å²) in [5, 5.41) is 19.1. The Hall–Kier alpha value is -1.63.